The van der Waals surface area contributed by atoms with Crippen LogP contribution in [0.3, 0.4) is 0 Å². The van der Waals surface area contributed by atoms with Gasteiger partial charge in [0.2, 0.25) is 0 Å². The zero-order valence-electron chi connectivity index (χ0n) is 7.71. The van der Waals surface area contributed by atoms with Gasteiger partial charge in [0, 0.05) is 0 Å². The van der Waals surface area contributed by atoms with Gasteiger partial charge in [-0.1, -0.05) is 12.2 Å². The van der Waals surface area contributed by atoms with E-state index < -0.39 is 0 Å². The molecular weight excluding hydrogens is 144 g/mol. The second-order valence-electron chi connectivity index (χ2n) is 4.24. The average molecular weight is 162 g/mol. The van der Waals surface area contributed by atoms with Crippen LogP contribution in [0.25, 0.3) is 0 Å². The molecule has 3 rings (SSSR count). The molecule has 4 unspecified atom stereocenters. The van der Waals surface area contributed by atoms with Crippen LogP contribution in [0.15, 0.2) is 25.3 Å². The molecule has 66 valence electrons. The molecule has 0 aliphatic heterocycles. The molecule has 3 aliphatic carbocycles. The summed E-state index contributed by atoms with van der Waals surface area (Å²) in [4.78, 5) is 0. The summed E-state index contributed by atoms with van der Waals surface area (Å²) in [6, 6.07) is 0. The van der Waals surface area contributed by atoms with E-state index in [1.807, 2.05) is 0 Å². The smallest absolute Gasteiger partial charge is 0.0171 e. The zero-order chi connectivity index (χ0) is 8.55. The van der Waals surface area contributed by atoms with Crippen molar-refractivity contribution in [2.75, 3.05) is 0 Å². The molecule has 3 aliphatic rings. The Bertz CT molecular complexity index is 192. The van der Waals surface area contributed by atoms with E-state index in [4.69, 9.17) is 0 Å². The highest BCUT2D eigenvalue weighted by Crippen LogP contribution is 2.56. The summed E-state index contributed by atoms with van der Waals surface area (Å²) in [5, 5.41) is 0. The Labute approximate surface area is 75.4 Å². The van der Waals surface area contributed by atoms with E-state index in [-0.39, 0.29) is 0 Å². The van der Waals surface area contributed by atoms with E-state index in [1.165, 1.54) is 12.8 Å². The Morgan fingerprint density at radius 1 is 1.08 bits per heavy atom. The lowest BCUT2D eigenvalue weighted by atomic mass is 9.82. The first-order valence-electron chi connectivity index (χ1n) is 5.12. The van der Waals surface area contributed by atoms with Gasteiger partial charge in [-0.05, 0) is 49.4 Å². The quantitative estimate of drug-likeness (QED) is 0.479. The first-order valence-corrected chi connectivity index (χ1v) is 5.12. The first kappa shape index (κ1) is 8.10. The van der Waals surface area contributed by atoms with Crippen LogP contribution < -0.4 is 0 Å². The van der Waals surface area contributed by atoms with Crippen molar-refractivity contribution in [3.05, 3.63) is 25.3 Å². The molecule has 2 bridgehead atoms. The Balaban J connectivity index is 0.000000264. The van der Waals surface area contributed by atoms with Gasteiger partial charge in [0.15, 0.2) is 0 Å². The number of allylic oxidation sites excluding steroid dienone is 2. The van der Waals surface area contributed by atoms with Crippen LogP contribution in [0.1, 0.15) is 25.7 Å². The summed E-state index contributed by atoms with van der Waals surface area (Å²) >= 11 is 0. The third kappa shape index (κ3) is 0.972. The minimum atomic E-state index is 1.03. The fourth-order valence-corrected chi connectivity index (χ4v) is 3.50. The lowest BCUT2D eigenvalue weighted by Crippen LogP contribution is -2.16. The fraction of sp³-hybridized carbons (Fsp3) is 0.667. The van der Waals surface area contributed by atoms with Crippen molar-refractivity contribution in [1.29, 1.82) is 0 Å². The zero-order valence-corrected chi connectivity index (χ0v) is 7.71. The highest BCUT2D eigenvalue weighted by molar-refractivity contribution is 5.11. The number of rotatable bonds is 0. The van der Waals surface area contributed by atoms with Gasteiger partial charge in [-0.15, -0.1) is 13.2 Å². The molecule has 0 nitrogen and oxygen atoms in total. The first-order chi connectivity index (χ1) is 5.95. The summed E-state index contributed by atoms with van der Waals surface area (Å²) in [5.74, 6) is 4.36. The summed E-state index contributed by atoms with van der Waals surface area (Å²) in [5.41, 5.74) is 0. The van der Waals surface area contributed by atoms with Gasteiger partial charge in [0.05, 0.1) is 0 Å². The second-order valence-corrected chi connectivity index (χ2v) is 4.24. The summed E-state index contributed by atoms with van der Waals surface area (Å²) in [6.07, 6.45) is 11.0. The van der Waals surface area contributed by atoms with Crippen LogP contribution in [0.2, 0.25) is 0 Å². The van der Waals surface area contributed by atoms with Gasteiger partial charge < -0.3 is 0 Å². The van der Waals surface area contributed by atoms with E-state index in [9.17, 15) is 0 Å². The van der Waals surface area contributed by atoms with E-state index in [1.54, 1.807) is 12.8 Å². The van der Waals surface area contributed by atoms with Crippen molar-refractivity contribution >= 4 is 0 Å². The van der Waals surface area contributed by atoms with Gasteiger partial charge in [-0.3, -0.25) is 0 Å². The molecule has 4 atom stereocenters. The van der Waals surface area contributed by atoms with Crippen molar-refractivity contribution < 1.29 is 0 Å². The standard InChI is InChI=1S/C10H14.C2H4/c1-2-9-7-4-5-8(6-7)10(9)3-1;1-2/h1-2,7-10H,3-6H2;1-2H2. The molecule has 0 heterocycles. The minimum absolute atomic E-state index is 1.03. The van der Waals surface area contributed by atoms with Crippen molar-refractivity contribution in [1.82, 2.24) is 0 Å². The van der Waals surface area contributed by atoms with Crippen molar-refractivity contribution in [3.8, 4) is 0 Å². The van der Waals surface area contributed by atoms with Gasteiger partial charge in [0.1, 0.15) is 0 Å². The molecule has 0 amide bonds. The molecular formula is C12H18. The molecule has 0 heteroatoms. The fourth-order valence-electron chi connectivity index (χ4n) is 3.50. The summed E-state index contributed by atoms with van der Waals surface area (Å²) in [6.45, 7) is 6.00. The molecule has 0 saturated heterocycles. The SMILES string of the molecule is C1=CC2C3CCC(C3)C2C1.C=C. The molecule has 12 heavy (non-hydrogen) atoms. The average Bonchev–Trinajstić information content (AvgIpc) is 2.81. The molecule has 0 aromatic heterocycles. The van der Waals surface area contributed by atoms with E-state index >= 15 is 0 Å². The normalized spacial score (nSPS) is 47.0. The molecule has 2 saturated carbocycles. The van der Waals surface area contributed by atoms with Crippen LogP contribution in [0.4, 0.5) is 0 Å². The van der Waals surface area contributed by atoms with Gasteiger partial charge >= 0.3 is 0 Å². The number of fused-ring (bicyclic) bond motifs is 5. The number of hydrogen-bond donors (Lipinski definition) is 0. The predicted octanol–water partition coefficient (Wildman–Crippen LogP) is 3.41. The lowest BCUT2D eigenvalue weighted by molar-refractivity contribution is 0.285. The molecule has 2 fully saturated rings. The van der Waals surface area contributed by atoms with Crippen LogP contribution in [-0.4, -0.2) is 0 Å². The highest BCUT2D eigenvalue weighted by atomic mass is 14.5. The topological polar surface area (TPSA) is 0 Å². The third-order valence-electron chi connectivity index (χ3n) is 3.92. The van der Waals surface area contributed by atoms with Crippen LogP contribution >= 0.6 is 0 Å². The maximum Gasteiger partial charge on any atom is -0.0171 e. The van der Waals surface area contributed by atoms with Gasteiger partial charge in [-0.25, -0.2) is 0 Å². The predicted molar refractivity (Wildman–Crippen MR) is 52.8 cm³/mol. The van der Waals surface area contributed by atoms with E-state index in [0.717, 1.165) is 23.7 Å². The molecule has 0 spiro atoms. The van der Waals surface area contributed by atoms with Crippen LogP contribution in [0.5, 0.6) is 0 Å². The highest BCUT2D eigenvalue weighted by Gasteiger charge is 2.47. The van der Waals surface area contributed by atoms with Crippen molar-refractivity contribution in [3.63, 3.8) is 0 Å². The van der Waals surface area contributed by atoms with E-state index in [0.29, 0.717) is 0 Å². The molecule has 0 aromatic carbocycles. The van der Waals surface area contributed by atoms with Crippen LogP contribution in [-0.2, 0) is 0 Å². The van der Waals surface area contributed by atoms with E-state index in [2.05, 4.69) is 25.3 Å². The molecule has 0 aromatic rings. The van der Waals surface area contributed by atoms with Crippen molar-refractivity contribution in [2.45, 2.75) is 25.7 Å². The van der Waals surface area contributed by atoms with Gasteiger partial charge in [-0.2, -0.15) is 0 Å². The Kier molecular flexibility index (Phi) is 2.08. The minimum Gasteiger partial charge on any atom is -0.106 e. The summed E-state index contributed by atoms with van der Waals surface area (Å²) in [7, 11) is 0. The maximum atomic E-state index is 3.00. The Hall–Kier alpha value is -0.520. The molecule has 0 radical (unpaired) electrons. The van der Waals surface area contributed by atoms with Gasteiger partial charge in [0.25, 0.3) is 0 Å². The van der Waals surface area contributed by atoms with Crippen LogP contribution in [0, 0.1) is 23.7 Å². The monoisotopic (exact) mass is 162 g/mol. The Morgan fingerprint density at radius 3 is 2.58 bits per heavy atom. The molecule has 0 N–H and O–H groups in total. The van der Waals surface area contributed by atoms with Crippen molar-refractivity contribution in [2.24, 2.45) is 23.7 Å². The third-order valence-corrected chi connectivity index (χ3v) is 3.92. The second kappa shape index (κ2) is 3.08. The number of hydrogen-bond acceptors (Lipinski definition) is 0. The largest absolute Gasteiger partial charge is 0.106 e. The lowest BCUT2D eigenvalue weighted by Gasteiger charge is -2.23. The maximum absolute atomic E-state index is 3.00. The Morgan fingerprint density at radius 2 is 1.83 bits per heavy atom. The summed E-state index contributed by atoms with van der Waals surface area (Å²) < 4.78 is 0.